The zero-order chi connectivity index (χ0) is 15.3. The van der Waals surface area contributed by atoms with Gasteiger partial charge in [0.25, 0.3) is 0 Å². The lowest BCUT2D eigenvalue weighted by Crippen LogP contribution is -2.38. The predicted molar refractivity (Wildman–Crippen MR) is 68.2 cm³/mol. The SMILES string of the molecule is CC(C)Oc1ccc(C(NCC(F)(F)F)C(N)=O)cc1. The summed E-state index contributed by atoms with van der Waals surface area (Å²) >= 11 is 0. The van der Waals surface area contributed by atoms with E-state index < -0.39 is 24.7 Å². The number of hydrogen-bond donors (Lipinski definition) is 2. The van der Waals surface area contributed by atoms with Crippen LogP contribution in [0.1, 0.15) is 25.5 Å². The van der Waals surface area contributed by atoms with Gasteiger partial charge in [0.15, 0.2) is 0 Å². The Hall–Kier alpha value is -1.76. The molecular weight excluding hydrogens is 273 g/mol. The number of halogens is 3. The smallest absolute Gasteiger partial charge is 0.401 e. The first kappa shape index (κ1) is 16.3. The Labute approximate surface area is 115 Å². The van der Waals surface area contributed by atoms with Crippen molar-refractivity contribution in [3.63, 3.8) is 0 Å². The Morgan fingerprint density at radius 1 is 1.30 bits per heavy atom. The van der Waals surface area contributed by atoms with E-state index >= 15 is 0 Å². The van der Waals surface area contributed by atoms with Crippen LogP contribution in [-0.4, -0.2) is 24.7 Å². The van der Waals surface area contributed by atoms with Crippen LogP contribution in [0.4, 0.5) is 13.2 Å². The van der Waals surface area contributed by atoms with E-state index in [9.17, 15) is 18.0 Å². The monoisotopic (exact) mass is 290 g/mol. The van der Waals surface area contributed by atoms with Gasteiger partial charge in [0.1, 0.15) is 11.8 Å². The first-order chi connectivity index (χ1) is 9.19. The molecule has 0 heterocycles. The molecule has 0 radical (unpaired) electrons. The maximum Gasteiger partial charge on any atom is 0.401 e. The molecule has 0 saturated carbocycles. The molecule has 0 saturated heterocycles. The highest BCUT2D eigenvalue weighted by Crippen LogP contribution is 2.20. The minimum atomic E-state index is -4.41. The third-order valence-corrected chi connectivity index (χ3v) is 2.38. The zero-order valence-electron chi connectivity index (χ0n) is 11.2. The van der Waals surface area contributed by atoms with E-state index in [-0.39, 0.29) is 6.10 Å². The molecule has 1 atom stereocenters. The number of ether oxygens (including phenoxy) is 1. The Kier molecular flexibility index (Phi) is 5.38. The molecule has 1 aromatic carbocycles. The second-order valence-corrected chi connectivity index (χ2v) is 4.57. The van der Waals surface area contributed by atoms with E-state index in [0.717, 1.165) is 0 Å². The van der Waals surface area contributed by atoms with Crippen molar-refractivity contribution in [3.8, 4) is 5.75 Å². The van der Waals surface area contributed by atoms with Gasteiger partial charge < -0.3 is 10.5 Å². The van der Waals surface area contributed by atoms with Crippen LogP contribution in [0, 0.1) is 0 Å². The standard InChI is InChI=1S/C13H17F3N2O2/c1-8(2)20-10-5-3-9(4-6-10)11(12(17)19)18-7-13(14,15)16/h3-6,8,11,18H,7H2,1-2H3,(H2,17,19). The van der Waals surface area contributed by atoms with Crippen molar-refractivity contribution in [3.05, 3.63) is 29.8 Å². The minimum absolute atomic E-state index is 0.0175. The van der Waals surface area contributed by atoms with Crippen molar-refractivity contribution in [2.45, 2.75) is 32.2 Å². The number of carbonyl (C=O) groups excluding carboxylic acids is 1. The van der Waals surface area contributed by atoms with Crippen LogP contribution in [0.15, 0.2) is 24.3 Å². The third-order valence-electron chi connectivity index (χ3n) is 2.38. The van der Waals surface area contributed by atoms with Crippen LogP contribution >= 0.6 is 0 Å². The van der Waals surface area contributed by atoms with Crippen molar-refractivity contribution in [2.75, 3.05) is 6.54 Å². The van der Waals surface area contributed by atoms with E-state index in [2.05, 4.69) is 5.32 Å². The molecular formula is C13H17F3N2O2. The zero-order valence-corrected chi connectivity index (χ0v) is 11.2. The van der Waals surface area contributed by atoms with E-state index in [1.807, 2.05) is 13.8 Å². The number of alkyl halides is 3. The molecule has 1 unspecified atom stereocenters. The molecule has 1 amide bonds. The lowest BCUT2D eigenvalue weighted by atomic mass is 10.1. The van der Waals surface area contributed by atoms with E-state index in [0.29, 0.717) is 11.3 Å². The summed E-state index contributed by atoms with van der Waals surface area (Å²) in [4.78, 5) is 11.2. The summed E-state index contributed by atoms with van der Waals surface area (Å²) in [6, 6.07) is 5.00. The fraction of sp³-hybridized carbons (Fsp3) is 0.462. The molecule has 7 heteroatoms. The lowest BCUT2D eigenvalue weighted by molar-refractivity contribution is -0.130. The van der Waals surface area contributed by atoms with Gasteiger partial charge in [0.2, 0.25) is 5.91 Å². The summed E-state index contributed by atoms with van der Waals surface area (Å²) in [5.74, 6) is -0.297. The average molecular weight is 290 g/mol. The number of amides is 1. The highest BCUT2D eigenvalue weighted by Gasteiger charge is 2.30. The first-order valence-electron chi connectivity index (χ1n) is 6.05. The molecule has 3 N–H and O–H groups in total. The van der Waals surface area contributed by atoms with Gasteiger partial charge in [-0.1, -0.05) is 12.1 Å². The van der Waals surface area contributed by atoms with Crippen molar-refractivity contribution >= 4 is 5.91 Å². The molecule has 112 valence electrons. The molecule has 20 heavy (non-hydrogen) atoms. The average Bonchev–Trinajstić information content (AvgIpc) is 2.28. The molecule has 0 aromatic heterocycles. The summed E-state index contributed by atoms with van der Waals surface area (Å²) in [7, 11) is 0. The molecule has 0 aliphatic heterocycles. The molecule has 0 bridgehead atoms. The van der Waals surface area contributed by atoms with Gasteiger partial charge in [0, 0.05) is 0 Å². The fourth-order valence-corrected chi connectivity index (χ4v) is 1.61. The molecule has 0 aliphatic carbocycles. The summed E-state index contributed by atoms with van der Waals surface area (Å²) in [5, 5.41) is 2.10. The molecule has 0 fully saturated rings. The number of hydrogen-bond acceptors (Lipinski definition) is 3. The maximum atomic E-state index is 12.2. The normalized spacial score (nSPS) is 13.3. The highest BCUT2D eigenvalue weighted by atomic mass is 19.4. The van der Waals surface area contributed by atoms with Gasteiger partial charge >= 0.3 is 6.18 Å². The number of carbonyl (C=O) groups is 1. The van der Waals surface area contributed by atoms with E-state index in [1.165, 1.54) is 12.1 Å². The summed E-state index contributed by atoms with van der Waals surface area (Å²) < 4.78 is 41.9. The quantitative estimate of drug-likeness (QED) is 0.843. The van der Waals surface area contributed by atoms with Crippen LogP contribution in [0.5, 0.6) is 5.75 Å². The Morgan fingerprint density at radius 3 is 2.25 bits per heavy atom. The van der Waals surface area contributed by atoms with E-state index in [1.54, 1.807) is 12.1 Å². The Bertz CT molecular complexity index is 444. The largest absolute Gasteiger partial charge is 0.491 e. The number of rotatable bonds is 6. The molecule has 4 nitrogen and oxygen atoms in total. The van der Waals surface area contributed by atoms with Gasteiger partial charge in [-0.3, -0.25) is 10.1 Å². The summed E-state index contributed by atoms with van der Waals surface area (Å²) in [5.41, 5.74) is 5.48. The maximum absolute atomic E-state index is 12.2. The van der Waals surface area contributed by atoms with E-state index in [4.69, 9.17) is 10.5 Å². The van der Waals surface area contributed by atoms with Crippen molar-refractivity contribution in [1.82, 2.24) is 5.32 Å². The van der Waals surface area contributed by atoms with Crippen LogP contribution < -0.4 is 15.8 Å². The second kappa shape index (κ2) is 6.60. The number of benzene rings is 1. The number of nitrogens with two attached hydrogens (primary N) is 1. The van der Waals surface area contributed by atoms with Crippen molar-refractivity contribution in [2.24, 2.45) is 5.73 Å². The third kappa shape index (κ3) is 5.48. The Balaban J connectivity index is 2.79. The van der Waals surface area contributed by atoms with Gasteiger partial charge in [-0.2, -0.15) is 13.2 Å². The first-order valence-corrected chi connectivity index (χ1v) is 6.05. The van der Waals surface area contributed by atoms with Crippen molar-refractivity contribution < 1.29 is 22.7 Å². The Morgan fingerprint density at radius 2 is 1.85 bits per heavy atom. The second-order valence-electron chi connectivity index (χ2n) is 4.57. The molecule has 0 aliphatic rings. The molecule has 1 rings (SSSR count). The van der Waals surface area contributed by atoms with Gasteiger partial charge in [-0.05, 0) is 31.5 Å². The van der Waals surface area contributed by atoms with Gasteiger partial charge in [-0.15, -0.1) is 0 Å². The molecule has 1 aromatic rings. The topological polar surface area (TPSA) is 64.3 Å². The predicted octanol–water partition coefficient (Wildman–Crippen LogP) is 2.15. The summed E-state index contributed by atoms with van der Waals surface area (Å²) in [6.07, 6.45) is -4.43. The highest BCUT2D eigenvalue weighted by molar-refractivity contribution is 5.81. The van der Waals surface area contributed by atoms with Crippen molar-refractivity contribution in [1.29, 1.82) is 0 Å². The van der Waals surface area contributed by atoms with Crippen LogP contribution in [0.2, 0.25) is 0 Å². The summed E-state index contributed by atoms with van der Waals surface area (Å²) in [6.45, 7) is 2.42. The molecule has 0 spiro atoms. The van der Waals surface area contributed by atoms with Gasteiger partial charge in [-0.25, -0.2) is 0 Å². The van der Waals surface area contributed by atoms with Crippen LogP contribution in [0.3, 0.4) is 0 Å². The number of nitrogens with one attached hydrogen (secondary N) is 1. The van der Waals surface area contributed by atoms with Gasteiger partial charge in [0.05, 0.1) is 12.6 Å². The minimum Gasteiger partial charge on any atom is -0.491 e. The van der Waals surface area contributed by atoms with Crippen LogP contribution in [0.25, 0.3) is 0 Å². The van der Waals surface area contributed by atoms with Crippen LogP contribution in [-0.2, 0) is 4.79 Å². The lowest BCUT2D eigenvalue weighted by Gasteiger charge is -2.18. The number of primary amides is 1. The fourth-order valence-electron chi connectivity index (χ4n) is 1.61.